The van der Waals surface area contributed by atoms with Gasteiger partial charge in [0.05, 0.1) is 5.41 Å². The number of aryl methyl sites for hydroxylation is 1. The second kappa shape index (κ2) is 5.60. The van der Waals surface area contributed by atoms with Crippen molar-refractivity contribution >= 4 is 23.6 Å². The van der Waals surface area contributed by atoms with Crippen LogP contribution in [0.15, 0.2) is 30.3 Å². The first-order valence-electron chi connectivity index (χ1n) is 7.18. The van der Waals surface area contributed by atoms with E-state index >= 15 is 0 Å². The fraction of sp³-hybridized carbons (Fsp3) is 0.500. The van der Waals surface area contributed by atoms with Crippen molar-refractivity contribution in [1.29, 1.82) is 0 Å². The molecule has 2 aliphatic heterocycles. The maximum Gasteiger partial charge on any atom is 0.236 e. The number of likely N-dealkylation sites (tertiary alicyclic amines) is 1. The van der Waals surface area contributed by atoms with E-state index in [1.807, 2.05) is 18.2 Å². The minimum absolute atomic E-state index is 0.0329. The molecule has 0 unspecified atom stereocenters. The molecule has 0 bridgehead atoms. The summed E-state index contributed by atoms with van der Waals surface area (Å²) < 4.78 is 0. The molecule has 3 rings (SSSR count). The van der Waals surface area contributed by atoms with Gasteiger partial charge in [-0.25, -0.2) is 0 Å². The van der Waals surface area contributed by atoms with Crippen LogP contribution in [0.5, 0.6) is 0 Å². The van der Waals surface area contributed by atoms with Crippen LogP contribution in [-0.2, 0) is 16.0 Å². The van der Waals surface area contributed by atoms with E-state index < -0.39 is 0 Å². The van der Waals surface area contributed by atoms with Crippen molar-refractivity contribution < 1.29 is 9.59 Å². The molecule has 0 aromatic heterocycles. The van der Waals surface area contributed by atoms with E-state index in [0.717, 1.165) is 30.8 Å². The number of thioether (sulfide) groups is 1. The normalized spacial score (nSPS) is 25.9. The number of rotatable bonds is 4. The van der Waals surface area contributed by atoms with Crippen LogP contribution < -0.4 is 0 Å². The predicted octanol–water partition coefficient (Wildman–Crippen LogP) is 2.50. The number of hydrogen-bond acceptors (Lipinski definition) is 3. The van der Waals surface area contributed by atoms with Gasteiger partial charge < -0.3 is 0 Å². The van der Waals surface area contributed by atoms with Crippen LogP contribution in [0.3, 0.4) is 0 Å². The predicted molar refractivity (Wildman–Crippen MR) is 80.5 cm³/mol. The first kappa shape index (κ1) is 13.7. The molecule has 2 amide bonds. The Hall–Kier alpha value is -1.29. The van der Waals surface area contributed by atoms with Crippen LogP contribution >= 0.6 is 11.8 Å². The van der Waals surface area contributed by atoms with Crippen LogP contribution in [0.25, 0.3) is 0 Å². The lowest BCUT2D eigenvalue weighted by Gasteiger charge is -2.20. The van der Waals surface area contributed by atoms with Crippen molar-refractivity contribution in [3.8, 4) is 0 Å². The zero-order chi connectivity index (χ0) is 14.0. The van der Waals surface area contributed by atoms with Crippen molar-refractivity contribution in [3.05, 3.63) is 35.9 Å². The fourth-order valence-corrected chi connectivity index (χ4v) is 4.53. The summed E-state index contributed by atoms with van der Waals surface area (Å²) in [5, 5.41) is 0. The van der Waals surface area contributed by atoms with Gasteiger partial charge in [-0.05, 0) is 30.6 Å². The smallest absolute Gasteiger partial charge is 0.236 e. The number of imide groups is 1. The van der Waals surface area contributed by atoms with Gasteiger partial charge >= 0.3 is 0 Å². The highest BCUT2D eigenvalue weighted by Crippen LogP contribution is 2.44. The van der Waals surface area contributed by atoms with Gasteiger partial charge in [0.2, 0.25) is 11.8 Å². The van der Waals surface area contributed by atoms with Gasteiger partial charge in [0.15, 0.2) is 0 Å². The monoisotopic (exact) mass is 289 g/mol. The number of amides is 2. The van der Waals surface area contributed by atoms with Gasteiger partial charge in [0.1, 0.15) is 0 Å². The molecule has 0 radical (unpaired) electrons. The highest BCUT2D eigenvalue weighted by molar-refractivity contribution is 7.99. The fourth-order valence-electron chi connectivity index (χ4n) is 3.09. The van der Waals surface area contributed by atoms with E-state index in [4.69, 9.17) is 0 Å². The van der Waals surface area contributed by atoms with Crippen molar-refractivity contribution in [3.63, 3.8) is 0 Å². The molecule has 1 spiro atoms. The van der Waals surface area contributed by atoms with Crippen LogP contribution in [0, 0.1) is 5.41 Å². The topological polar surface area (TPSA) is 37.4 Å². The molecule has 1 aromatic rings. The van der Waals surface area contributed by atoms with E-state index in [9.17, 15) is 9.59 Å². The van der Waals surface area contributed by atoms with Crippen LogP contribution in [-0.4, -0.2) is 34.8 Å². The molecular formula is C16H19NO2S. The largest absolute Gasteiger partial charge is 0.282 e. The zero-order valence-electron chi connectivity index (χ0n) is 11.5. The first-order valence-corrected chi connectivity index (χ1v) is 8.33. The van der Waals surface area contributed by atoms with E-state index in [1.54, 1.807) is 11.8 Å². The third kappa shape index (κ3) is 2.49. The number of nitrogens with zero attached hydrogens (tertiary/aromatic N) is 1. The molecule has 0 N–H and O–H groups in total. The third-order valence-electron chi connectivity index (χ3n) is 4.28. The zero-order valence-corrected chi connectivity index (χ0v) is 12.3. The molecule has 1 atom stereocenters. The van der Waals surface area contributed by atoms with Crippen LogP contribution in [0.4, 0.5) is 0 Å². The van der Waals surface area contributed by atoms with Gasteiger partial charge in [0.25, 0.3) is 0 Å². The molecule has 20 heavy (non-hydrogen) atoms. The molecule has 2 heterocycles. The minimum Gasteiger partial charge on any atom is -0.282 e. The lowest BCUT2D eigenvalue weighted by molar-refractivity contribution is -0.141. The van der Waals surface area contributed by atoms with Crippen molar-refractivity contribution in [2.75, 3.05) is 18.1 Å². The number of carbonyl (C=O) groups is 2. The molecule has 2 saturated heterocycles. The Kier molecular flexibility index (Phi) is 3.83. The Labute approximate surface area is 123 Å². The quantitative estimate of drug-likeness (QED) is 0.799. The molecule has 2 fully saturated rings. The summed E-state index contributed by atoms with van der Waals surface area (Å²) in [5.41, 5.74) is 0.909. The summed E-state index contributed by atoms with van der Waals surface area (Å²) in [6.07, 6.45) is 3.08. The molecule has 106 valence electrons. The van der Waals surface area contributed by atoms with E-state index in [2.05, 4.69) is 12.1 Å². The maximum absolute atomic E-state index is 12.5. The Bertz CT molecular complexity index is 508. The van der Waals surface area contributed by atoms with Gasteiger partial charge in [-0.2, -0.15) is 11.8 Å². The Morgan fingerprint density at radius 2 is 2.00 bits per heavy atom. The van der Waals surface area contributed by atoms with Gasteiger partial charge in [-0.1, -0.05) is 30.3 Å². The Balaban J connectivity index is 1.58. The molecule has 3 nitrogen and oxygen atoms in total. The molecule has 0 saturated carbocycles. The molecule has 2 aliphatic rings. The summed E-state index contributed by atoms with van der Waals surface area (Å²) in [6, 6.07) is 10.2. The second-order valence-corrected chi connectivity index (χ2v) is 6.80. The minimum atomic E-state index is -0.353. The van der Waals surface area contributed by atoms with E-state index in [1.165, 1.54) is 10.5 Å². The maximum atomic E-state index is 12.5. The standard InChI is InChI=1S/C16H19NO2S/c18-14-11-16(8-10-20-12-16)15(19)17(14)9-4-7-13-5-2-1-3-6-13/h1-3,5-6H,4,7-12H2/t16-/m0/s1. The van der Waals surface area contributed by atoms with Gasteiger partial charge in [0, 0.05) is 18.7 Å². The number of carbonyl (C=O) groups excluding carboxylic acids is 2. The van der Waals surface area contributed by atoms with E-state index in [-0.39, 0.29) is 17.2 Å². The van der Waals surface area contributed by atoms with Crippen molar-refractivity contribution in [2.24, 2.45) is 5.41 Å². The summed E-state index contributed by atoms with van der Waals surface area (Å²) >= 11 is 1.80. The molecular weight excluding hydrogens is 270 g/mol. The van der Waals surface area contributed by atoms with E-state index in [0.29, 0.717) is 13.0 Å². The average molecular weight is 289 g/mol. The van der Waals surface area contributed by atoms with Crippen molar-refractivity contribution in [1.82, 2.24) is 4.90 Å². The van der Waals surface area contributed by atoms with Crippen molar-refractivity contribution in [2.45, 2.75) is 25.7 Å². The molecule has 0 aliphatic carbocycles. The van der Waals surface area contributed by atoms with Crippen LogP contribution in [0.1, 0.15) is 24.8 Å². The number of hydrogen-bond donors (Lipinski definition) is 0. The lowest BCUT2D eigenvalue weighted by atomic mass is 9.86. The lowest BCUT2D eigenvalue weighted by Crippen LogP contribution is -2.36. The van der Waals surface area contributed by atoms with Crippen LogP contribution in [0.2, 0.25) is 0 Å². The highest BCUT2D eigenvalue weighted by atomic mass is 32.2. The summed E-state index contributed by atoms with van der Waals surface area (Å²) in [7, 11) is 0. The first-order chi connectivity index (χ1) is 9.71. The SMILES string of the molecule is O=C1C[C@]2(CCSC2)C(=O)N1CCCc1ccccc1. The second-order valence-electron chi connectivity index (χ2n) is 5.70. The number of benzene rings is 1. The molecule has 1 aromatic carbocycles. The Morgan fingerprint density at radius 1 is 1.20 bits per heavy atom. The third-order valence-corrected chi connectivity index (χ3v) is 5.53. The Morgan fingerprint density at radius 3 is 2.70 bits per heavy atom. The van der Waals surface area contributed by atoms with Gasteiger partial charge in [-0.3, -0.25) is 14.5 Å². The highest BCUT2D eigenvalue weighted by Gasteiger charge is 2.52. The summed E-state index contributed by atoms with van der Waals surface area (Å²) in [6.45, 7) is 0.568. The van der Waals surface area contributed by atoms with Gasteiger partial charge in [-0.15, -0.1) is 0 Å². The summed E-state index contributed by atoms with van der Waals surface area (Å²) in [5.74, 6) is 1.95. The molecule has 4 heteroatoms. The average Bonchev–Trinajstić information content (AvgIpc) is 3.01. The summed E-state index contributed by atoms with van der Waals surface area (Å²) in [4.78, 5) is 26.1.